The van der Waals surface area contributed by atoms with Gasteiger partial charge in [-0.2, -0.15) is 0 Å². The second-order valence-corrected chi connectivity index (χ2v) is 3.23. The van der Waals surface area contributed by atoms with Crippen LogP contribution in [-0.4, -0.2) is 18.9 Å². The first-order chi connectivity index (χ1) is 7.17. The molecule has 1 rings (SSSR count). The van der Waals surface area contributed by atoms with Crippen molar-refractivity contribution in [1.29, 1.82) is 0 Å². The topological polar surface area (TPSA) is 43.4 Å². The molecule has 0 N–H and O–H groups in total. The van der Waals surface area contributed by atoms with E-state index >= 15 is 0 Å². The van der Waals surface area contributed by atoms with Gasteiger partial charge in [0.05, 0.1) is 13.5 Å². The van der Waals surface area contributed by atoms with Crippen LogP contribution in [0.15, 0.2) is 24.3 Å². The molecule has 3 heteroatoms. The lowest BCUT2D eigenvalue weighted by atomic mass is 10.1. The fourth-order valence-corrected chi connectivity index (χ4v) is 1.25. The lowest BCUT2D eigenvalue weighted by Gasteiger charge is -2.01. The van der Waals surface area contributed by atoms with Crippen molar-refractivity contribution in [2.75, 3.05) is 7.11 Å². The first kappa shape index (κ1) is 11.4. The fourth-order valence-electron chi connectivity index (χ4n) is 1.25. The van der Waals surface area contributed by atoms with E-state index in [0.29, 0.717) is 12.0 Å². The van der Waals surface area contributed by atoms with E-state index in [9.17, 15) is 9.59 Å². The van der Waals surface area contributed by atoms with Crippen molar-refractivity contribution in [1.82, 2.24) is 0 Å². The van der Waals surface area contributed by atoms with Gasteiger partial charge in [-0.15, -0.1) is 0 Å². The molecule has 0 radical (unpaired) electrons. The van der Waals surface area contributed by atoms with E-state index in [1.165, 1.54) is 7.11 Å². The van der Waals surface area contributed by atoms with Gasteiger partial charge in [0.15, 0.2) is 5.78 Å². The van der Waals surface area contributed by atoms with Gasteiger partial charge < -0.3 is 4.74 Å². The van der Waals surface area contributed by atoms with Crippen LogP contribution in [0.5, 0.6) is 0 Å². The summed E-state index contributed by atoms with van der Waals surface area (Å²) < 4.78 is 4.55. The van der Waals surface area contributed by atoms with E-state index in [1.54, 1.807) is 24.3 Å². The van der Waals surface area contributed by atoms with Crippen molar-refractivity contribution >= 4 is 11.8 Å². The van der Waals surface area contributed by atoms with E-state index in [-0.39, 0.29) is 18.2 Å². The molecule has 0 saturated heterocycles. The van der Waals surface area contributed by atoms with Crippen LogP contribution in [-0.2, 0) is 16.0 Å². The molecule has 1 aromatic carbocycles. The number of carbonyl (C=O) groups is 2. The summed E-state index contributed by atoms with van der Waals surface area (Å²) in [5.74, 6) is -0.163. The number of rotatable bonds is 4. The van der Waals surface area contributed by atoms with Gasteiger partial charge in [0.25, 0.3) is 0 Å². The predicted octanol–water partition coefficient (Wildman–Crippen LogP) is 1.99. The third kappa shape index (κ3) is 3.20. The second-order valence-electron chi connectivity index (χ2n) is 3.23. The Kier molecular flexibility index (Phi) is 4.03. The van der Waals surface area contributed by atoms with E-state index < -0.39 is 0 Å². The molecule has 0 fully saturated rings. The molecular formula is C12H14O3. The summed E-state index contributed by atoms with van der Waals surface area (Å²) in [6.07, 6.45) is 0.743. The quantitative estimate of drug-likeness (QED) is 0.559. The SMILES string of the molecule is CCC(=O)c1ccc(CC(=O)OC)cc1. The molecule has 0 spiro atoms. The van der Waals surface area contributed by atoms with Crippen molar-refractivity contribution in [2.45, 2.75) is 19.8 Å². The molecule has 0 amide bonds. The maximum Gasteiger partial charge on any atom is 0.309 e. The summed E-state index contributed by atoms with van der Waals surface area (Å²) >= 11 is 0. The van der Waals surface area contributed by atoms with Crippen LogP contribution >= 0.6 is 0 Å². The highest BCUT2D eigenvalue weighted by atomic mass is 16.5. The molecule has 80 valence electrons. The fraction of sp³-hybridized carbons (Fsp3) is 0.333. The number of hydrogen-bond donors (Lipinski definition) is 0. The zero-order valence-electron chi connectivity index (χ0n) is 8.95. The number of methoxy groups -OCH3 is 1. The van der Waals surface area contributed by atoms with Crippen molar-refractivity contribution < 1.29 is 14.3 Å². The van der Waals surface area contributed by atoms with Crippen molar-refractivity contribution in [2.24, 2.45) is 0 Å². The lowest BCUT2D eigenvalue weighted by molar-refractivity contribution is -0.139. The minimum atomic E-state index is -0.274. The lowest BCUT2D eigenvalue weighted by Crippen LogP contribution is -2.04. The standard InChI is InChI=1S/C12H14O3/c1-3-11(13)10-6-4-9(5-7-10)8-12(14)15-2/h4-7H,3,8H2,1-2H3. The first-order valence-electron chi connectivity index (χ1n) is 4.86. The Morgan fingerprint density at radius 1 is 1.20 bits per heavy atom. The number of benzene rings is 1. The zero-order valence-corrected chi connectivity index (χ0v) is 8.95. The summed E-state index contributed by atoms with van der Waals surface area (Å²) in [6.45, 7) is 1.82. The maximum atomic E-state index is 11.3. The molecule has 1 aromatic rings. The van der Waals surface area contributed by atoms with Gasteiger partial charge in [-0.05, 0) is 5.56 Å². The maximum absolute atomic E-state index is 11.3. The van der Waals surface area contributed by atoms with E-state index in [4.69, 9.17) is 0 Å². The molecule has 0 unspecified atom stereocenters. The Morgan fingerprint density at radius 2 is 1.80 bits per heavy atom. The smallest absolute Gasteiger partial charge is 0.309 e. The predicted molar refractivity (Wildman–Crippen MR) is 56.8 cm³/mol. The molecule has 0 atom stereocenters. The number of ether oxygens (including phenoxy) is 1. The highest BCUT2D eigenvalue weighted by Gasteiger charge is 2.05. The van der Waals surface area contributed by atoms with Crippen molar-refractivity contribution in [3.63, 3.8) is 0 Å². The van der Waals surface area contributed by atoms with Gasteiger partial charge in [0, 0.05) is 12.0 Å². The summed E-state index contributed by atoms with van der Waals surface area (Å²) in [5, 5.41) is 0. The molecule has 0 aliphatic rings. The van der Waals surface area contributed by atoms with Gasteiger partial charge in [-0.3, -0.25) is 9.59 Å². The van der Waals surface area contributed by atoms with Crippen LogP contribution in [0.25, 0.3) is 0 Å². The van der Waals surface area contributed by atoms with Gasteiger partial charge in [0.1, 0.15) is 0 Å². The third-order valence-electron chi connectivity index (χ3n) is 2.17. The highest BCUT2D eigenvalue weighted by Crippen LogP contribution is 2.07. The summed E-state index contributed by atoms with van der Waals surface area (Å²) in [4.78, 5) is 22.3. The molecule has 0 aliphatic heterocycles. The Labute approximate surface area is 89.1 Å². The number of carbonyl (C=O) groups excluding carboxylic acids is 2. The van der Waals surface area contributed by atoms with Crippen LogP contribution in [0.1, 0.15) is 29.3 Å². The molecule has 3 nitrogen and oxygen atoms in total. The third-order valence-corrected chi connectivity index (χ3v) is 2.17. The Hall–Kier alpha value is -1.64. The average Bonchev–Trinajstić information content (AvgIpc) is 2.29. The van der Waals surface area contributed by atoms with Crippen LogP contribution in [0, 0.1) is 0 Å². The minimum Gasteiger partial charge on any atom is -0.469 e. The Bertz CT molecular complexity index is 352. The Morgan fingerprint density at radius 3 is 2.27 bits per heavy atom. The monoisotopic (exact) mass is 206 g/mol. The minimum absolute atomic E-state index is 0.111. The molecule has 0 heterocycles. The zero-order chi connectivity index (χ0) is 11.3. The summed E-state index contributed by atoms with van der Waals surface area (Å²) in [7, 11) is 1.36. The molecule has 0 saturated carbocycles. The number of ketones is 1. The first-order valence-corrected chi connectivity index (χ1v) is 4.86. The number of hydrogen-bond acceptors (Lipinski definition) is 3. The molecular weight excluding hydrogens is 192 g/mol. The van der Waals surface area contributed by atoms with E-state index in [2.05, 4.69) is 4.74 Å². The largest absolute Gasteiger partial charge is 0.469 e. The van der Waals surface area contributed by atoms with Gasteiger partial charge in [-0.1, -0.05) is 31.2 Å². The summed E-state index contributed by atoms with van der Waals surface area (Å²) in [6, 6.07) is 7.04. The van der Waals surface area contributed by atoms with Crippen LogP contribution in [0.4, 0.5) is 0 Å². The molecule has 0 aliphatic carbocycles. The van der Waals surface area contributed by atoms with Gasteiger partial charge in [0.2, 0.25) is 0 Å². The second kappa shape index (κ2) is 5.29. The average molecular weight is 206 g/mol. The van der Waals surface area contributed by atoms with Gasteiger partial charge in [-0.25, -0.2) is 0 Å². The molecule has 15 heavy (non-hydrogen) atoms. The number of esters is 1. The van der Waals surface area contributed by atoms with E-state index in [1.807, 2.05) is 6.92 Å². The van der Waals surface area contributed by atoms with E-state index in [0.717, 1.165) is 5.56 Å². The highest BCUT2D eigenvalue weighted by molar-refractivity contribution is 5.95. The Balaban J connectivity index is 2.72. The van der Waals surface area contributed by atoms with Crippen LogP contribution < -0.4 is 0 Å². The molecule has 0 bridgehead atoms. The van der Waals surface area contributed by atoms with Gasteiger partial charge >= 0.3 is 5.97 Å². The van der Waals surface area contributed by atoms with Crippen LogP contribution in [0.2, 0.25) is 0 Å². The van der Waals surface area contributed by atoms with Crippen LogP contribution in [0.3, 0.4) is 0 Å². The summed E-state index contributed by atoms with van der Waals surface area (Å²) in [5.41, 5.74) is 1.54. The van der Waals surface area contributed by atoms with Crippen molar-refractivity contribution in [3.8, 4) is 0 Å². The normalized spacial score (nSPS) is 9.73. The molecule has 0 aromatic heterocycles. The number of Topliss-reactive ketones (excluding diaryl/α,β-unsaturated/α-hetero) is 1. The van der Waals surface area contributed by atoms with Crippen molar-refractivity contribution in [3.05, 3.63) is 35.4 Å².